The van der Waals surface area contributed by atoms with Gasteiger partial charge in [-0.1, -0.05) is 54.8 Å². The summed E-state index contributed by atoms with van der Waals surface area (Å²) in [5.74, 6) is 0.935. The number of carbonyl (C=O) groups is 2. The number of rotatable bonds is 8. The molecule has 1 aromatic heterocycles. The molecule has 0 bridgehead atoms. The van der Waals surface area contributed by atoms with Crippen molar-refractivity contribution in [2.45, 2.75) is 51.7 Å². The Balaban J connectivity index is 1.38. The molecule has 37 heavy (non-hydrogen) atoms. The number of nitrogens with one attached hydrogen (secondary N) is 1. The summed E-state index contributed by atoms with van der Waals surface area (Å²) in [6.45, 7) is 7.11. The van der Waals surface area contributed by atoms with Gasteiger partial charge in [0.05, 0.1) is 6.04 Å². The number of ether oxygens (including phenoxy) is 1. The van der Waals surface area contributed by atoms with Gasteiger partial charge in [0.25, 0.3) is 5.91 Å². The molecule has 1 N–H and O–H groups in total. The largest absolute Gasteiger partial charge is 0.486 e. The van der Waals surface area contributed by atoms with Gasteiger partial charge in [-0.2, -0.15) is 0 Å². The summed E-state index contributed by atoms with van der Waals surface area (Å²) >= 11 is 1.40. The van der Waals surface area contributed by atoms with E-state index in [-0.39, 0.29) is 30.4 Å². The van der Waals surface area contributed by atoms with Gasteiger partial charge >= 0.3 is 0 Å². The van der Waals surface area contributed by atoms with Crippen LogP contribution in [0.4, 0.5) is 0 Å². The molecule has 1 saturated carbocycles. The molecule has 1 atom stereocenters. The van der Waals surface area contributed by atoms with Crippen LogP contribution in [-0.4, -0.2) is 34.8 Å². The number of aromatic nitrogens is 1. The monoisotopic (exact) mass is 515 g/mol. The van der Waals surface area contributed by atoms with Crippen molar-refractivity contribution in [2.24, 2.45) is 5.92 Å². The predicted molar refractivity (Wildman–Crippen MR) is 146 cm³/mol. The Labute approximate surface area is 222 Å². The maximum atomic E-state index is 13.6. The van der Waals surface area contributed by atoms with E-state index in [1.165, 1.54) is 22.5 Å². The van der Waals surface area contributed by atoms with Crippen molar-refractivity contribution in [2.75, 3.05) is 13.1 Å². The average Bonchev–Trinajstić information content (AvgIpc) is 3.63. The van der Waals surface area contributed by atoms with Crippen molar-refractivity contribution < 1.29 is 14.3 Å². The van der Waals surface area contributed by atoms with Gasteiger partial charge in [-0.3, -0.25) is 9.59 Å². The van der Waals surface area contributed by atoms with Crippen LogP contribution in [-0.2, 0) is 17.8 Å². The molecule has 2 heterocycles. The zero-order chi connectivity index (χ0) is 25.8. The fraction of sp³-hybridized carbons (Fsp3) is 0.367. The first kappa shape index (κ1) is 25.2. The molecule has 192 valence electrons. The third-order valence-electron chi connectivity index (χ3n) is 7.28. The Morgan fingerprint density at radius 3 is 2.73 bits per heavy atom. The SMILES string of the molecule is C=CCNC(=O)c1csc(COc2ccc3c(c2)C(c2ccc(C)cc2)N(C(=O)C2CCCC2)CC3)n1. The van der Waals surface area contributed by atoms with Crippen molar-refractivity contribution in [3.63, 3.8) is 0 Å². The molecule has 7 heteroatoms. The predicted octanol–water partition coefficient (Wildman–Crippen LogP) is 5.61. The molecule has 1 fully saturated rings. The highest BCUT2D eigenvalue weighted by molar-refractivity contribution is 7.09. The van der Waals surface area contributed by atoms with Crippen LogP contribution in [0.15, 0.2) is 60.5 Å². The molecule has 0 radical (unpaired) electrons. The van der Waals surface area contributed by atoms with Crippen LogP contribution >= 0.6 is 11.3 Å². The molecule has 0 spiro atoms. The van der Waals surface area contributed by atoms with Crippen molar-refractivity contribution in [1.29, 1.82) is 0 Å². The lowest BCUT2D eigenvalue weighted by Crippen LogP contribution is -2.43. The van der Waals surface area contributed by atoms with E-state index in [4.69, 9.17) is 4.74 Å². The number of benzene rings is 2. The summed E-state index contributed by atoms with van der Waals surface area (Å²) in [6.07, 6.45) is 6.74. The molecule has 5 rings (SSSR count). The van der Waals surface area contributed by atoms with Crippen LogP contribution in [0.25, 0.3) is 0 Å². The summed E-state index contributed by atoms with van der Waals surface area (Å²) in [5, 5.41) is 5.21. The fourth-order valence-electron chi connectivity index (χ4n) is 5.32. The Morgan fingerprint density at radius 1 is 1.19 bits per heavy atom. The minimum atomic E-state index is -0.218. The Hall–Kier alpha value is -3.45. The molecule has 1 unspecified atom stereocenters. The van der Waals surface area contributed by atoms with Gasteiger partial charge in [0, 0.05) is 24.4 Å². The molecule has 6 nitrogen and oxygen atoms in total. The highest BCUT2D eigenvalue weighted by Crippen LogP contribution is 2.40. The fourth-order valence-corrected chi connectivity index (χ4v) is 6.00. The first-order valence-corrected chi connectivity index (χ1v) is 13.9. The highest BCUT2D eigenvalue weighted by Gasteiger charge is 2.36. The van der Waals surface area contributed by atoms with Crippen molar-refractivity contribution in [3.8, 4) is 5.75 Å². The first-order valence-electron chi connectivity index (χ1n) is 13.0. The number of hydrogen-bond donors (Lipinski definition) is 1. The lowest BCUT2D eigenvalue weighted by Gasteiger charge is -2.39. The molecule has 2 aliphatic rings. The summed E-state index contributed by atoms with van der Waals surface area (Å²) in [5.41, 5.74) is 5.10. The topological polar surface area (TPSA) is 71.5 Å². The van der Waals surface area contributed by atoms with Gasteiger partial charge in [-0.15, -0.1) is 17.9 Å². The first-order chi connectivity index (χ1) is 18.0. The quantitative estimate of drug-likeness (QED) is 0.396. The van der Waals surface area contributed by atoms with E-state index in [0.29, 0.717) is 12.2 Å². The number of hydrogen-bond acceptors (Lipinski definition) is 5. The molecule has 2 aromatic carbocycles. The summed E-state index contributed by atoms with van der Waals surface area (Å²) in [7, 11) is 0. The van der Waals surface area contributed by atoms with E-state index >= 15 is 0 Å². The summed E-state index contributed by atoms with van der Waals surface area (Å²) in [4.78, 5) is 32.3. The average molecular weight is 516 g/mol. The molecule has 1 aliphatic heterocycles. The van der Waals surface area contributed by atoms with Crippen LogP contribution in [0.2, 0.25) is 0 Å². The van der Waals surface area contributed by atoms with Gasteiger partial charge < -0.3 is 15.0 Å². The normalized spacial score (nSPS) is 17.3. The van der Waals surface area contributed by atoms with Crippen LogP contribution in [0.5, 0.6) is 5.75 Å². The Morgan fingerprint density at radius 2 is 1.97 bits per heavy atom. The van der Waals surface area contributed by atoms with E-state index in [9.17, 15) is 9.59 Å². The highest BCUT2D eigenvalue weighted by atomic mass is 32.1. The van der Waals surface area contributed by atoms with Crippen molar-refractivity contribution in [1.82, 2.24) is 15.2 Å². The van der Waals surface area contributed by atoms with Gasteiger partial charge in [-0.25, -0.2) is 4.98 Å². The zero-order valence-electron chi connectivity index (χ0n) is 21.2. The number of fused-ring (bicyclic) bond motifs is 1. The minimum absolute atomic E-state index is 0.124. The summed E-state index contributed by atoms with van der Waals surface area (Å²) < 4.78 is 6.13. The van der Waals surface area contributed by atoms with Crippen LogP contribution in [0, 0.1) is 12.8 Å². The smallest absolute Gasteiger partial charge is 0.271 e. The third-order valence-corrected chi connectivity index (χ3v) is 8.10. The molecule has 3 aromatic rings. The maximum absolute atomic E-state index is 13.6. The van der Waals surface area contributed by atoms with Crippen molar-refractivity contribution >= 4 is 23.2 Å². The van der Waals surface area contributed by atoms with E-state index in [1.54, 1.807) is 11.5 Å². The lowest BCUT2D eigenvalue weighted by atomic mass is 9.86. The molecule has 1 aliphatic carbocycles. The minimum Gasteiger partial charge on any atom is -0.486 e. The Kier molecular flexibility index (Phi) is 7.70. The molecule has 2 amide bonds. The van der Waals surface area contributed by atoms with E-state index in [1.807, 2.05) is 6.07 Å². The second-order valence-electron chi connectivity index (χ2n) is 9.85. The number of aryl methyl sites for hydroxylation is 1. The summed E-state index contributed by atoms with van der Waals surface area (Å²) in [6, 6.07) is 14.6. The van der Waals surface area contributed by atoms with Gasteiger partial charge in [-0.05, 0) is 55.0 Å². The second-order valence-corrected chi connectivity index (χ2v) is 10.8. The molecular weight excluding hydrogens is 482 g/mol. The van der Waals surface area contributed by atoms with E-state index in [2.05, 4.69) is 65.1 Å². The van der Waals surface area contributed by atoms with Gasteiger partial charge in [0.1, 0.15) is 23.1 Å². The number of amides is 2. The van der Waals surface area contributed by atoms with Gasteiger partial charge in [0.15, 0.2) is 0 Å². The Bertz CT molecular complexity index is 1280. The number of carbonyl (C=O) groups excluding carboxylic acids is 2. The standard InChI is InChI=1S/C30H33N3O3S/c1-3-15-31-29(34)26-19-37-27(32-26)18-36-24-13-12-21-14-16-33(30(35)23-6-4-5-7-23)28(25(21)17-24)22-10-8-20(2)9-11-22/h3,8-13,17,19,23,28H,1,4-7,14-16,18H2,2H3,(H,31,34). The van der Waals surface area contributed by atoms with Crippen LogP contribution in [0.1, 0.15) is 69.5 Å². The van der Waals surface area contributed by atoms with E-state index < -0.39 is 0 Å². The molecule has 0 saturated heterocycles. The number of thiazole rings is 1. The van der Waals surface area contributed by atoms with E-state index in [0.717, 1.165) is 60.5 Å². The maximum Gasteiger partial charge on any atom is 0.271 e. The van der Waals surface area contributed by atoms with Crippen LogP contribution in [0.3, 0.4) is 0 Å². The zero-order valence-corrected chi connectivity index (χ0v) is 22.1. The lowest BCUT2D eigenvalue weighted by molar-refractivity contribution is -0.137. The second kappa shape index (κ2) is 11.3. The van der Waals surface area contributed by atoms with Gasteiger partial charge in [0.2, 0.25) is 5.91 Å². The third kappa shape index (κ3) is 5.62. The van der Waals surface area contributed by atoms with Crippen LogP contribution < -0.4 is 10.1 Å². The van der Waals surface area contributed by atoms with Crippen molar-refractivity contribution in [3.05, 3.63) is 93.5 Å². The number of nitrogens with zero attached hydrogens (tertiary/aromatic N) is 2. The molecular formula is C30H33N3O3S.